The minimum atomic E-state index is -0.111. The van der Waals surface area contributed by atoms with E-state index in [1.807, 2.05) is 7.11 Å². The zero-order chi connectivity index (χ0) is 13.0. The fraction of sp³-hybridized carbons (Fsp3) is 0.714. The lowest BCUT2D eigenvalue weighted by Crippen LogP contribution is -2.50. The van der Waals surface area contributed by atoms with Crippen molar-refractivity contribution in [2.75, 3.05) is 7.11 Å². The predicted molar refractivity (Wildman–Crippen MR) is 81.1 cm³/mol. The molecule has 1 aliphatic carbocycles. The number of halogens is 1. The molecule has 0 bridgehead atoms. The Kier molecular flexibility index (Phi) is 5.24. The summed E-state index contributed by atoms with van der Waals surface area (Å²) in [5, 5.41) is 2.11. The Hall–Kier alpha value is 0.100. The van der Waals surface area contributed by atoms with E-state index < -0.39 is 0 Å². The predicted octanol–water partition coefficient (Wildman–Crippen LogP) is 4.12. The topological polar surface area (TPSA) is 35.2 Å². The SMILES string of the molecule is COC1(C(N)Cc2sccc2Br)CCCCCC1. The third-order valence-electron chi connectivity index (χ3n) is 4.13. The van der Waals surface area contributed by atoms with Crippen molar-refractivity contribution < 1.29 is 4.74 Å². The highest BCUT2D eigenvalue weighted by atomic mass is 79.9. The highest BCUT2D eigenvalue weighted by molar-refractivity contribution is 9.10. The fourth-order valence-electron chi connectivity index (χ4n) is 2.91. The lowest BCUT2D eigenvalue weighted by molar-refractivity contribution is -0.0429. The van der Waals surface area contributed by atoms with Crippen molar-refractivity contribution in [3.8, 4) is 0 Å². The van der Waals surface area contributed by atoms with Crippen LogP contribution in [0.1, 0.15) is 43.4 Å². The zero-order valence-electron chi connectivity index (χ0n) is 11.0. The van der Waals surface area contributed by atoms with E-state index in [1.165, 1.54) is 35.0 Å². The summed E-state index contributed by atoms with van der Waals surface area (Å²) in [4.78, 5) is 1.34. The molecule has 1 aromatic rings. The Labute approximate surface area is 122 Å². The first-order chi connectivity index (χ1) is 8.68. The van der Waals surface area contributed by atoms with Gasteiger partial charge in [-0.15, -0.1) is 11.3 Å². The second-order valence-electron chi connectivity index (χ2n) is 5.19. The lowest BCUT2D eigenvalue weighted by atomic mass is 9.84. The molecule has 1 saturated carbocycles. The van der Waals surface area contributed by atoms with Crippen LogP contribution >= 0.6 is 27.3 Å². The van der Waals surface area contributed by atoms with Crippen molar-refractivity contribution >= 4 is 27.3 Å². The molecule has 4 heteroatoms. The molecule has 1 aliphatic rings. The van der Waals surface area contributed by atoms with Crippen LogP contribution in [-0.2, 0) is 11.2 Å². The zero-order valence-corrected chi connectivity index (χ0v) is 13.4. The van der Waals surface area contributed by atoms with Gasteiger partial charge in [0.1, 0.15) is 0 Å². The molecule has 0 radical (unpaired) electrons. The van der Waals surface area contributed by atoms with Crippen LogP contribution < -0.4 is 5.73 Å². The molecule has 2 nitrogen and oxygen atoms in total. The summed E-state index contributed by atoms with van der Waals surface area (Å²) in [5.74, 6) is 0. The molecule has 0 aromatic carbocycles. The van der Waals surface area contributed by atoms with Crippen LogP contribution in [-0.4, -0.2) is 18.8 Å². The molecular weight excluding hydrogens is 310 g/mol. The van der Waals surface area contributed by atoms with Gasteiger partial charge in [0.15, 0.2) is 0 Å². The molecule has 2 rings (SSSR count). The minimum Gasteiger partial charge on any atom is -0.377 e. The van der Waals surface area contributed by atoms with Crippen molar-refractivity contribution in [2.24, 2.45) is 5.73 Å². The van der Waals surface area contributed by atoms with Crippen molar-refractivity contribution in [2.45, 2.75) is 56.6 Å². The molecule has 1 atom stereocenters. The molecule has 18 heavy (non-hydrogen) atoms. The normalized spacial score (nSPS) is 21.5. The molecule has 0 spiro atoms. The number of nitrogens with two attached hydrogens (primary N) is 1. The third kappa shape index (κ3) is 3.16. The number of methoxy groups -OCH3 is 1. The highest BCUT2D eigenvalue weighted by Crippen LogP contribution is 2.35. The van der Waals surface area contributed by atoms with Crippen LogP contribution in [0.2, 0.25) is 0 Å². The van der Waals surface area contributed by atoms with Crippen LogP contribution in [0.25, 0.3) is 0 Å². The summed E-state index contributed by atoms with van der Waals surface area (Å²) in [6.45, 7) is 0. The van der Waals surface area contributed by atoms with Gasteiger partial charge >= 0.3 is 0 Å². The van der Waals surface area contributed by atoms with Crippen LogP contribution in [0, 0.1) is 0 Å². The summed E-state index contributed by atoms with van der Waals surface area (Å²) in [6.07, 6.45) is 8.24. The first kappa shape index (κ1) is 14.5. The Morgan fingerprint density at radius 1 is 1.39 bits per heavy atom. The first-order valence-corrected chi connectivity index (χ1v) is 8.38. The van der Waals surface area contributed by atoms with Gasteiger partial charge in [0, 0.05) is 28.9 Å². The number of hydrogen-bond acceptors (Lipinski definition) is 3. The molecule has 0 aliphatic heterocycles. The summed E-state index contributed by atoms with van der Waals surface area (Å²) >= 11 is 5.36. The van der Waals surface area contributed by atoms with Gasteiger partial charge in [-0.3, -0.25) is 0 Å². The number of ether oxygens (including phenoxy) is 1. The Morgan fingerprint density at radius 2 is 2.06 bits per heavy atom. The van der Waals surface area contributed by atoms with Crippen molar-refractivity contribution in [3.63, 3.8) is 0 Å². The van der Waals surface area contributed by atoms with Gasteiger partial charge in [0.05, 0.1) is 5.60 Å². The van der Waals surface area contributed by atoms with Gasteiger partial charge < -0.3 is 10.5 Å². The molecular formula is C14H22BrNOS. The van der Waals surface area contributed by atoms with E-state index >= 15 is 0 Å². The largest absolute Gasteiger partial charge is 0.377 e. The van der Waals surface area contributed by atoms with E-state index in [0.29, 0.717) is 0 Å². The Bertz CT molecular complexity index is 372. The molecule has 102 valence electrons. The van der Waals surface area contributed by atoms with Gasteiger partial charge in [-0.25, -0.2) is 0 Å². The number of hydrogen-bond donors (Lipinski definition) is 1. The van der Waals surface area contributed by atoms with Crippen molar-refractivity contribution in [1.29, 1.82) is 0 Å². The maximum absolute atomic E-state index is 6.48. The van der Waals surface area contributed by atoms with Gasteiger partial charge in [-0.05, 0) is 40.2 Å². The Morgan fingerprint density at radius 3 is 2.56 bits per heavy atom. The second-order valence-corrected chi connectivity index (χ2v) is 7.04. The van der Waals surface area contributed by atoms with Gasteiger partial charge in [0.2, 0.25) is 0 Å². The molecule has 1 fully saturated rings. The van der Waals surface area contributed by atoms with E-state index in [-0.39, 0.29) is 11.6 Å². The van der Waals surface area contributed by atoms with Crippen molar-refractivity contribution in [3.05, 3.63) is 20.8 Å². The highest BCUT2D eigenvalue weighted by Gasteiger charge is 2.37. The number of rotatable bonds is 4. The molecule has 1 unspecified atom stereocenters. The van der Waals surface area contributed by atoms with Crippen LogP contribution in [0.4, 0.5) is 0 Å². The van der Waals surface area contributed by atoms with E-state index in [9.17, 15) is 0 Å². The van der Waals surface area contributed by atoms with E-state index in [0.717, 1.165) is 19.3 Å². The lowest BCUT2D eigenvalue weighted by Gasteiger charge is -2.37. The molecule has 1 aromatic heterocycles. The quantitative estimate of drug-likeness (QED) is 0.842. The smallest absolute Gasteiger partial charge is 0.0832 e. The standard InChI is InChI=1S/C14H22BrNOS/c1-17-14(7-4-2-3-5-8-14)13(16)10-12-11(15)6-9-18-12/h6,9,13H,2-5,7-8,10,16H2,1H3. The average Bonchev–Trinajstić information content (AvgIpc) is 2.66. The summed E-state index contributed by atoms with van der Waals surface area (Å²) in [5.41, 5.74) is 6.37. The van der Waals surface area contributed by atoms with E-state index in [2.05, 4.69) is 27.4 Å². The van der Waals surface area contributed by atoms with Crippen LogP contribution in [0.3, 0.4) is 0 Å². The van der Waals surface area contributed by atoms with Crippen LogP contribution in [0.15, 0.2) is 15.9 Å². The van der Waals surface area contributed by atoms with Crippen molar-refractivity contribution in [1.82, 2.24) is 0 Å². The summed E-state index contributed by atoms with van der Waals surface area (Å²) in [7, 11) is 1.83. The van der Waals surface area contributed by atoms with Gasteiger partial charge in [-0.1, -0.05) is 25.7 Å². The molecule has 2 N–H and O–H groups in total. The fourth-order valence-corrected chi connectivity index (χ4v) is 4.48. The van der Waals surface area contributed by atoms with E-state index in [4.69, 9.17) is 10.5 Å². The molecule has 0 saturated heterocycles. The monoisotopic (exact) mass is 331 g/mol. The second kappa shape index (κ2) is 6.51. The van der Waals surface area contributed by atoms with Gasteiger partial charge in [-0.2, -0.15) is 0 Å². The maximum atomic E-state index is 6.48. The summed E-state index contributed by atoms with van der Waals surface area (Å²) < 4.78 is 7.06. The maximum Gasteiger partial charge on any atom is 0.0832 e. The summed E-state index contributed by atoms with van der Waals surface area (Å²) in [6, 6.07) is 2.19. The molecule has 1 heterocycles. The molecule has 0 amide bonds. The number of thiophene rings is 1. The Balaban J connectivity index is 2.08. The van der Waals surface area contributed by atoms with Gasteiger partial charge in [0.25, 0.3) is 0 Å². The minimum absolute atomic E-state index is 0.0931. The van der Waals surface area contributed by atoms with Crippen LogP contribution in [0.5, 0.6) is 0 Å². The third-order valence-corrected chi connectivity index (χ3v) is 6.08. The average molecular weight is 332 g/mol. The van der Waals surface area contributed by atoms with E-state index in [1.54, 1.807) is 11.3 Å². The first-order valence-electron chi connectivity index (χ1n) is 6.70.